The SMILES string of the molecule is COc1ccccc1Oc1ccc(NC(=O)NCCc2ccn(-c3ccccc3)n2)cc1. The highest BCUT2D eigenvalue weighted by atomic mass is 16.5. The van der Waals surface area contributed by atoms with E-state index in [0.717, 1.165) is 11.4 Å². The third-order valence-electron chi connectivity index (χ3n) is 4.74. The van der Waals surface area contributed by atoms with Crippen LogP contribution in [0.3, 0.4) is 0 Å². The van der Waals surface area contributed by atoms with Crippen LogP contribution in [0.25, 0.3) is 5.69 Å². The first-order valence-corrected chi connectivity index (χ1v) is 10.3. The number of nitrogens with one attached hydrogen (secondary N) is 2. The summed E-state index contributed by atoms with van der Waals surface area (Å²) in [4.78, 5) is 12.2. The van der Waals surface area contributed by atoms with E-state index < -0.39 is 0 Å². The number of benzene rings is 3. The minimum absolute atomic E-state index is 0.272. The van der Waals surface area contributed by atoms with Crippen molar-refractivity contribution in [3.63, 3.8) is 0 Å². The molecule has 7 nitrogen and oxygen atoms in total. The molecule has 0 aliphatic carbocycles. The third-order valence-corrected chi connectivity index (χ3v) is 4.74. The molecule has 0 saturated carbocycles. The molecule has 0 aliphatic rings. The molecule has 0 unspecified atom stereocenters. The maximum atomic E-state index is 12.2. The van der Waals surface area contributed by atoms with E-state index >= 15 is 0 Å². The maximum Gasteiger partial charge on any atom is 0.319 e. The van der Waals surface area contributed by atoms with Gasteiger partial charge in [-0.2, -0.15) is 5.10 Å². The van der Waals surface area contributed by atoms with Crippen LogP contribution in [-0.4, -0.2) is 29.5 Å². The second-order valence-corrected chi connectivity index (χ2v) is 7.00. The van der Waals surface area contributed by atoms with Crippen molar-refractivity contribution in [2.75, 3.05) is 19.0 Å². The van der Waals surface area contributed by atoms with E-state index in [2.05, 4.69) is 15.7 Å². The fraction of sp³-hybridized carbons (Fsp3) is 0.120. The number of nitrogens with zero attached hydrogens (tertiary/aromatic N) is 2. The number of para-hydroxylation sites is 3. The smallest absolute Gasteiger partial charge is 0.319 e. The van der Waals surface area contributed by atoms with Gasteiger partial charge in [-0.15, -0.1) is 0 Å². The molecule has 7 heteroatoms. The van der Waals surface area contributed by atoms with Gasteiger partial charge in [0.15, 0.2) is 11.5 Å². The van der Waals surface area contributed by atoms with Gasteiger partial charge >= 0.3 is 6.03 Å². The van der Waals surface area contributed by atoms with Gasteiger partial charge < -0.3 is 20.1 Å². The second kappa shape index (κ2) is 10.2. The first-order chi connectivity index (χ1) is 15.7. The summed E-state index contributed by atoms with van der Waals surface area (Å²) in [6.45, 7) is 0.479. The Balaban J connectivity index is 1.24. The topological polar surface area (TPSA) is 77.4 Å². The van der Waals surface area contributed by atoms with Gasteiger partial charge in [0.25, 0.3) is 0 Å². The molecule has 0 atom stereocenters. The molecule has 162 valence electrons. The molecule has 4 aromatic rings. The van der Waals surface area contributed by atoms with Gasteiger partial charge in [0.05, 0.1) is 18.5 Å². The van der Waals surface area contributed by atoms with Crippen LogP contribution in [0.1, 0.15) is 5.69 Å². The molecule has 3 aromatic carbocycles. The molecule has 4 rings (SSSR count). The van der Waals surface area contributed by atoms with Crippen LogP contribution in [0.15, 0.2) is 91.1 Å². The van der Waals surface area contributed by atoms with Gasteiger partial charge in [-0.3, -0.25) is 0 Å². The van der Waals surface area contributed by atoms with Crippen molar-refractivity contribution in [1.82, 2.24) is 15.1 Å². The number of carbonyl (C=O) groups is 1. The summed E-state index contributed by atoms with van der Waals surface area (Å²) in [6.07, 6.45) is 2.55. The summed E-state index contributed by atoms with van der Waals surface area (Å²) in [5.74, 6) is 1.93. The fourth-order valence-electron chi connectivity index (χ4n) is 3.14. The molecule has 1 heterocycles. The predicted octanol–water partition coefficient (Wildman–Crippen LogP) is 5.04. The van der Waals surface area contributed by atoms with Crippen molar-refractivity contribution in [2.45, 2.75) is 6.42 Å². The lowest BCUT2D eigenvalue weighted by atomic mass is 10.3. The van der Waals surface area contributed by atoms with Gasteiger partial charge in [0.2, 0.25) is 0 Å². The Bertz CT molecular complexity index is 1160. The van der Waals surface area contributed by atoms with Gasteiger partial charge in [0.1, 0.15) is 5.75 Å². The lowest BCUT2D eigenvalue weighted by Crippen LogP contribution is -2.30. The molecule has 0 fully saturated rings. The largest absolute Gasteiger partial charge is 0.493 e. The molecule has 2 N–H and O–H groups in total. The summed E-state index contributed by atoms with van der Waals surface area (Å²) >= 11 is 0. The molecule has 0 bridgehead atoms. The number of urea groups is 1. The molecular formula is C25H24N4O3. The van der Waals surface area contributed by atoms with Crippen molar-refractivity contribution < 1.29 is 14.3 Å². The molecule has 0 spiro atoms. The maximum absolute atomic E-state index is 12.2. The van der Waals surface area contributed by atoms with E-state index in [1.807, 2.05) is 71.5 Å². The van der Waals surface area contributed by atoms with E-state index in [4.69, 9.17) is 9.47 Å². The highest BCUT2D eigenvalue weighted by Gasteiger charge is 2.06. The number of amides is 2. The second-order valence-electron chi connectivity index (χ2n) is 7.00. The van der Waals surface area contributed by atoms with Crippen molar-refractivity contribution in [3.05, 3.63) is 96.8 Å². The number of ether oxygens (including phenoxy) is 2. The van der Waals surface area contributed by atoms with Crippen molar-refractivity contribution >= 4 is 11.7 Å². The Kier molecular flexibility index (Phi) is 6.67. The first kappa shape index (κ1) is 21.0. The van der Waals surface area contributed by atoms with E-state index in [1.54, 1.807) is 31.4 Å². The monoisotopic (exact) mass is 428 g/mol. The van der Waals surface area contributed by atoms with Gasteiger partial charge in [0, 0.05) is 24.8 Å². The van der Waals surface area contributed by atoms with Crippen molar-refractivity contribution in [1.29, 1.82) is 0 Å². The normalized spacial score (nSPS) is 10.4. The summed E-state index contributed by atoms with van der Waals surface area (Å²) < 4.78 is 13.0. The number of aromatic nitrogens is 2. The zero-order chi connectivity index (χ0) is 22.2. The van der Waals surface area contributed by atoms with Crippen LogP contribution in [0, 0.1) is 0 Å². The van der Waals surface area contributed by atoms with Crippen LogP contribution in [0.2, 0.25) is 0 Å². The Morgan fingerprint density at radius 2 is 1.62 bits per heavy atom. The number of methoxy groups -OCH3 is 1. The summed E-state index contributed by atoms with van der Waals surface area (Å²) in [6, 6.07) is 26.2. The van der Waals surface area contributed by atoms with Gasteiger partial charge in [-0.25, -0.2) is 9.48 Å². The fourth-order valence-corrected chi connectivity index (χ4v) is 3.14. The average molecular weight is 428 g/mol. The summed E-state index contributed by atoms with van der Waals surface area (Å²) in [7, 11) is 1.60. The zero-order valence-electron chi connectivity index (χ0n) is 17.7. The van der Waals surface area contributed by atoms with Gasteiger partial charge in [-0.1, -0.05) is 30.3 Å². The van der Waals surface area contributed by atoms with Gasteiger partial charge in [-0.05, 0) is 54.6 Å². The van der Waals surface area contributed by atoms with Crippen LogP contribution >= 0.6 is 0 Å². The molecule has 0 aliphatic heterocycles. The third kappa shape index (κ3) is 5.46. The van der Waals surface area contributed by atoms with E-state index in [-0.39, 0.29) is 6.03 Å². The van der Waals surface area contributed by atoms with Crippen LogP contribution in [-0.2, 0) is 6.42 Å². The van der Waals surface area contributed by atoms with Crippen LogP contribution in [0.4, 0.5) is 10.5 Å². The Morgan fingerprint density at radius 1 is 0.906 bits per heavy atom. The molecule has 0 radical (unpaired) electrons. The lowest BCUT2D eigenvalue weighted by Gasteiger charge is -2.11. The highest BCUT2D eigenvalue weighted by molar-refractivity contribution is 5.89. The van der Waals surface area contributed by atoms with E-state index in [0.29, 0.717) is 35.9 Å². The Morgan fingerprint density at radius 3 is 2.38 bits per heavy atom. The Hall–Kier alpha value is -4.26. The minimum Gasteiger partial charge on any atom is -0.493 e. The summed E-state index contributed by atoms with van der Waals surface area (Å²) in [5, 5.41) is 10.2. The average Bonchev–Trinajstić information content (AvgIpc) is 3.30. The van der Waals surface area contributed by atoms with Crippen molar-refractivity contribution in [3.8, 4) is 22.9 Å². The predicted molar refractivity (Wildman–Crippen MR) is 124 cm³/mol. The molecule has 1 aromatic heterocycles. The minimum atomic E-state index is -0.272. The molecule has 0 saturated heterocycles. The zero-order valence-corrected chi connectivity index (χ0v) is 17.7. The number of carbonyl (C=O) groups excluding carboxylic acids is 1. The molecule has 2 amide bonds. The van der Waals surface area contributed by atoms with Crippen molar-refractivity contribution in [2.24, 2.45) is 0 Å². The number of rotatable bonds is 8. The number of anilines is 1. The summed E-state index contributed by atoms with van der Waals surface area (Å²) in [5.41, 5.74) is 2.58. The van der Waals surface area contributed by atoms with E-state index in [1.165, 1.54) is 0 Å². The number of hydrogen-bond donors (Lipinski definition) is 2. The quantitative estimate of drug-likeness (QED) is 0.412. The van der Waals surface area contributed by atoms with E-state index in [9.17, 15) is 4.79 Å². The van der Waals surface area contributed by atoms with Crippen LogP contribution < -0.4 is 20.1 Å². The molecular weight excluding hydrogens is 404 g/mol. The number of hydrogen-bond acceptors (Lipinski definition) is 4. The van der Waals surface area contributed by atoms with Crippen LogP contribution in [0.5, 0.6) is 17.2 Å². The Labute approximate surface area is 186 Å². The molecule has 32 heavy (non-hydrogen) atoms. The lowest BCUT2D eigenvalue weighted by molar-refractivity contribution is 0.252. The standard InChI is InChI=1S/C25H24N4O3/c1-31-23-9-5-6-10-24(23)32-22-13-11-19(12-14-22)27-25(30)26-17-15-20-16-18-29(28-20)21-7-3-2-4-8-21/h2-14,16,18H,15,17H2,1H3,(H2,26,27,30). The first-order valence-electron chi connectivity index (χ1n) is 10.3. The highest BCUT2D eigenvalue weighted by Crippen LogP contribution is 2.31.